The number of nitrogens with zero attached hydrogens (tertiary/aromatic N) is 4. The van der Waals surface area contributed by atoms with Crippen LogP contribution in [0.25, 0.3) is 16.7 Å². The SMILES string of the molecule is Cc1c([C@@H](C)NC(=O)c2ccc(-n3cnc4ccccc43)cc2)cnn1C. The van der Waals surface area contributed by atoms with Gasteiger partial charge in [-0.25, -0.2) is 4.98 Å². The summed E-state index contributed by atoms with van der Waals surface area (Å²) in [6.45, 7) is 3.96. The van der Waals surface area contributed by atoms with Crippen LogP contribution in [0, 0.1) is 6.92 Å². The van der Waals surface area contributed by atoms with Crippen LogP contribution in [-0.2, 0) is 7.05 Å². The van der Waals surface area contributed by atoms with Crippen LogP contribution in [0.5, 0.6) is 0 Å². The molecule has 27 heavy (non-hydrogen) atoms. The molecule has 6 nitrogen and oxygen atoms in total. The number of imidazole rings is 1. The highest BCUT2D eigenvalue weighted by Gasteiger charge is 2.15. The van der Waals surface area contributed by atoms with Gasteiger partial charge in [-0.05, 0) is 50.2 Å². The van der Waals surface area contributed by atoms with Gasteiger partial charge in [0.15, 0.2) is 0 Å². The van der Waals surface area contributed by atoms with Gasteiger partial charge in [-0.1, -0.05) is 12.1 Å². The van der Waals surface area contributed by atoms with E-state index in [9.17, 15) is 4.79 Å². The number of amides is 1. The molecule has 1 amide bonds. The first kappa shape index (κ1) is 17.0. The molecule has 136 valence electrons. The summed E-state index contributed by atoms with van der Waals surface area (Å²) >= 11 is 0. The Morgan fingerprint density at radius 1 is 1.11 bits per heavy atom. The fraction of sp³-hybridized carbons (Fsp3) is 0.190. The Balaban J connectivity index is 1.53. The number of aromatic nitrogens is 4. The van der Waals surface area contributed by atoms with Gasteiger partial charge >= 0.3 is 0 Å². The molecule has 0 saturated heterocycles. The van der Waals surface area contributed by atoms with Gasteiger partial charge in [0.05, 0.1) is 23.3 Å². The Kier molecular flexibility index (Phi) is 4.24. The molecule has 0 unspecified atom stereocenters. The molecule has 2 aromatic carbocycles. The molecule has 2 heterocycles. The van der Waals surface area contributed by atoms with Crippen LogP contribution in [0.2, 0.25) is 0 Å². The van der Waals surface area contributed by atoms with Crippen molar-refractivity contribution in [3.63, 3.8) is 0 Å². The van der Waals surface area contributed by atoms with Crippen LogP contribution < -0.4 is 5.32 Å². The zero-order valence-corrected chi connectivity index (χ0v) is 15.5. The quantitative estimate of drug-likeness (QED) is 0.606. The summed E-state index contributed by atoms with van der Waals surface area (Å²) < 4.78 is 3.82. The second kappa shape index (κ2) is 6.72. The maximum atomic E-state index is 12.6. The van der Waals surface area contributed by atoms with E-state index < -0.39 is 0 Å². The molecule has 0 bridgehead atoms. The number of carbonyl (C=O) groups is 1. The predicted octanol–water partition coefficient (Wildman–Crippen LogP) is 3.56. The normalized spacial score (nSPS) is 12.3. The lowest BCUT2D eigenvalue weighted by atomic mass is 10.1. The average molecular weight is 359 g/mol. The van der Waals surface area contributed by atoms with Crippen molar-refractivity contribution in [2.24, 2.45) is 7.05 Å². The van der Waals surface area contributed by atoms with Crippen LogP contribution in [0.4, 0.5) is 0 Å². The highest BCUT2D eigenvalue weighted by molar-refractivity contribution is 5.94. The second-order valence-electron chi connectivity index (χ2n) is 6.65. The molecule has 2 aromatic heterocycles. The highest BCUT2D eigenvalue weighted by atomic mass is 16.1. The van der Waals surface area contributed by atoms with Crippen LogP contribution in [0.3, 0.4) is 0 Å². The lowest BCUT2D eigenvalue weighted by Gasteiger charge is -2.14. The molecule has 0 aliphatic heterocycles. The lowest BCUT2D eigenvalue weighted by molar-refractivity contribution is 0.0940. The number of fused-ring (bicyclic) bond motifs is 1. The van der Waals surface area contributed by atoms with E-state index in [4.69, 9.17) is 0 Å². The van der Waals surface area contributed by atoms with Crippen molar-refractivity contribution in [3.05, 3.63) is 77.9 Å². The summed E-state index contributed by atoms with van der Waals surface area (Å²) in [7, 11) is 1.89. The zero-order valence-electron chi connectivity index (χ0n) is 15.5. The maximum absolute atomic E-state index is 12.6. The Hall–Kier alpha value is -3.41. The van der Waals surface area contributed by atoms with Gasteiger partial charge in [0.2, 0.25) is 0 Å². The number of benzene rings is 2. The third-order valence-electron chi connectivity index (χ3n) is 4.95. The zero-order chi connectivity index (χ0) is 19.0. The van der Waals surface area contributed by atoms with Gasteiger partial charge in [0, 0.05) is 29.6 Å². The number of aryl methyl sites for hydroxylation is 1. The van der Waals surface area contributed by atoms with E-state index in [2.05, 4.69) is 15.4 Å². The van der Waals surface area contributed by atoms with Crippen molar-refractivity contribution < 1.29 is 4.79 Å². The topological polar surface area (TPSA) is 64.7 Å². The van der Waals surface area contributed by atoms with Crippen LogP contribution in [0.1, 0.15) is 34.6 Å². The Bertz CT molecular complexity index is 1110. The number of para-hydroxylation sites is 2. The molecule has 0 aliphatic rings. The standard InChI is InChI=1S/C21H21N5O/c1-14(18-12-23-25(3)15(18)2)24-21(27)16-8-10-17(11-9-16)26-13-22-19-6-4-5-7-20(19)26/h4-14H,1-3H3,(H,24,27)/t14-/m1/s1. The number of hydrogen-bond donors (Lipinski definition) is 1. The monoisotopic (exact) mass is 359 g/mol. The average Bonchev–Trinajstić information content (AvgIpc) is 3.26. The molecule has 1 atom stereocenters. The molecule has 4 rings (SSSR count). The van der Waals surface area contributed by atoms with Gasteiger partial charge in [-0.3, -0.25) is 14.0 Å². The van der Waals surface area contributed by atoms with E-state index in [0.29, 0.717) is 5.56 Å². The van der Waals surface area contributed by atoms with Crippen molar-refractivity contribution in [3.8, 4) is 5.69 Å². The first-order valence-corrected chi connectivity index (χ1v) is 8.86. The third-order valence-corrected chi connectivity index (χ3v) is 4.95. The smallest absolute Gasteiger partial charge is 0.251 e. The Labute approximate surface area is 157 Å². The number of nitrogens with one attached hydrogen (secondary N) is 1. The summed E-state index contributed by atoms with van der Waals surface area (Å²) in [5.41, 5.74) is 5.64. The molecule has 0 spiro atoms. The van der Waals surface area contributed by atoms with Crippen molar-refractivity contribution in [1.82, 2.24) is 24.6 Å². The van der Waals surface area contributed by atoms with Crippen LogP contribution in [-0.4, -0.2) is 25.2 Å². The Morgan fingerprint density at radius 2 is 1.85 bits per heavy atom. The van der Waals surface area contributed by atoms with E-state index in [1.165, 1.54) is 0 Å². The van der Waals surface area contributed by atoms with Crippen LogP contribution in [0.15, 0.2) is 61.1 Å². The van der Waals surface area contributed by atoms with Crippen molar-refractivity contribution >= 4 is 16.9 Å². The van der Waals surface area contributed by atoms with Gasteiger partial charge in [-0.2, -0.15) is 5.10 Å². The number of rotatable bonds is 4. The van der Waals surface area contributed by atoms with E-state index in [1.54, 1.807) is 12.5 Å². The fourth-order valence-electron chi connectivity index (χ4n) is 3.24. The number of carbonyl (C=O) groups excluding carboxylic acids is 1. The van der Waals surface area contributed by atoms with Gasteiger partial charge in [-0.15, -0.1) is 0 Å². The largest absolute Gasteiger partial charge is 0.345 e. The van der Waals surface area contributed by atoms with Gasteiger partial charge in [0.1, 0.15) is 6.33 Å². The summed E-state index contributed by atoms with van der Waals surface area (Å²) in [4.78, 5) is 17.0. The summed E-state index contributed by atoms with van der Waals surface area (Å²) in [6.07, 6.45) is 3.60. The molecule has 6 heteroatoms. The summed E-state index contributed by atoms with van der Waals surface area (Å²) in [5.74, 6) is -0.104. The molecular weight excluding hydrogens is 338 g/mol. The van der Waals surface area contributed by atoms with E-state index >= 15 is 0 Å². The molecule has 0 fully saturated rings. The van der Waals surface area contributed by atoms with Crippen molar-refractivity contribution in [2.45, 2.75) is 19.9 Å². The first-order valence-electron chi connectivity index (χ1n) is 8.86. The molecule has 4 aromatic rings. The Morgan fingerprint density at radius 3 is 2.56 bits per heavy atom. The minimum Gasteiger partial charge on any atom is -0.345 e. The summed E-state index contributed by atoms with van der Waals surface area (Å²) in [5, 5.41) is 7.28. The minimum absolute atomic E-state index is 0.104. The van der Waals surface area contributed by atoms with E-state index in [-0.39, 0.29) is 11.9 Å². The van der Waals surface area contributed by atoms with Crippen molar-refractivity contribution in [2.75, 3.05) is 0 Å². The predicted molar refractivity (Wildman–Crippen MR) is 105 cm³/mol. The molecular formula is C21H21N5O. The fourth-order valence-corrected chi connectivity index (χ4v) is 3.24. The number of hydrogen-bond acceptors (Lipinski definition) is 3. The highest BCUT2D eigenvalue weighted by Crippen LogP contribution is 2.19. The lowest BCUT2D eigenvalue weighted by Crippen LogP contribution is -2.26. The maximum Gasteiger partial charge on any atom is 0.251 e. The van der Waals surface area contributed by atoms with Gasteiger partial charge < -0.3 is 5.32 Å². The molecule has 0 saturated carbocycles. The van der Waals surface area contributed by atoms with E-state index in [1.807, 2.05) is 78.7 Å². The van der Waals surface area contributed by atoms with E-state index in [0.717, 1.165) is 28.0 Å². The summed E-state index contributed by atoms with van der Waals surface area (Å²) in [6, 6.07) is 15.4. The van der Waals surface area contributed by atoms with Crippen molar-refractivity contribution in [1.29, 1.82) is 0 Å². The first-order chi connectivity index (χ1) is 13.0. The van der Waals surface area contributed by atoms with Gasteiger partial charge in [0.25, 0.3) is 5.91 Å². The minimum atomic E-state index is -0.108. The molecule has 0 aliphatic carbocycles. The molecule has 1 N–H and O–H groups in total. The third kappa shape index (κ3) is 3.10. The van der Waals surface area contributed by atoms with Crippen LogP contribution >= 0.6 is 0 Å². The molecule has 0 radical (unpaired) electrons. The second-order valence-corrected chi connectivity index (χ2v) is 6.65.